The second kappa shape index (κ2) is 31.4. The number of carboxylic acids is 1. The highest BCUT2D eigenvalue weighted by molar-refractivity contribution is 5.66. The highest BCUT2D eigenvalue weighted by Crippen LogP contribution is 2.38. The molecule has 4 aliphatic carbocycles. The number of alkyl halides is 4. The van der Waals surface area contributed by atoms with Gasteiger partial charge in [-0.15, -0.1) is 0 Å². The molecule has 9 nitrogen and oxygen atoms in total. The molecule has 6 N–H and O–H groups in total. The van der Waals surface area contributed by atoms with Gasteiger partial charge in [0.2, 0.25) is 0 Å². The predicted octanol–water partition coefficient (Wildman–Crippen LogP) is 11.8. The first-order chi connectivity index (χ1) is 33.2. The average Bonchev–Trinajstić information content (AvgIpc) is 3.78. The molecule has 4 saturated carbocycles. The summed E-state index contributed by atoms with van der Waals surface area (Å²) in [5, 5.41) is 53.1. The number of allylic oxidation sites excluding steroid dienone is 4. The van der Waals surface area contributed by atoms with Gasteiger partial charge in [-0.25, -0.2) is 0 Å². The van der Waals surface area contributed by atoms with Crippen LogP contribution < -0.4 is 14.8 Å². The fourth-order valence-corrected chi connectivity index (χ4v) is 9.71. The molecular formula is C56H81F4NO8. The van der Waals surface area contributed by atoms with Crippen LogP contribution in [0.3, 0.4) is 0 Å². The van der Waals surface area contributed by atoms with E-state index in [2.05, 4.69) is 18.3 Å². The lowest BCUT2D eigenvalue weighted by Gasteiger charge is -2.30. The zero-order valence-corrected chi connectivity index (χ0v) is 40.7. The Balaban J connectivity index is 0.000000240. The fraction of sp³-hybridized carbons (Fsp3) is 0.625. The number of halogens is 4. The maximum atomic E-state index is 14.2. The minimum Gasteiger partial charge on any atom is -0.487 e. The van der Waals surface area contributed by atoms with Crippen molar-refractivity contribution < 1.29 is 57.4 Å². The third-order valence-corrected chi connectivity index (χ3v) is 13.6. The summed E-state index contributed by atoms with van der Waals surface area (Å²) in [6, 6.07) is 18.6. The highest BCUT2D eigenvalue weighted by atomic mass is 19.3. The van der Waals surface area contributed by atoms with Gasteiger partial charge in [-0.2, -0.15) is 17.6 Å². The van der Waals surface area contributed by atoms with E-state index in [1.165, 1.54) is 76.4 Å². The van der Waals surface area contributed by atoms with Gasteiger partial charge in [0.1, 0.15) is 11.5 Å². The first-order valence-corrected chi connectivity index (χ1v) is 25.7. The minimum atomic E-state index is -3.21. The second-order valence-electron chi connectivity index (χ2n) is 19.3. The van der Waals surface area contributed by atoms with Crippen molar-refractivity contribution in [1.29, 1.82) is 0 Å². The molecule has 0 spiro atoms. The first kappa shape index (κ1) is 57.6. The number of ether oxygens (including phenoxy) is 2. The molecule has 2 aromatic rings. The van der Waals surface area contributed by atoms with E-state index < -0.39 is 67.3 Å². The molecule has 8 atom stereocenters. The Morgan fingerprint density at radius 1 is 0.609 bits per heavy atom. The number of aliphatic hydroxyl groups excluding tert-OH is 4. The van der Waals surface area contributed by atoms with Crippen LogP contribution in [0, 0.1) is 23.7 Å². The monoisotopic (exact) mass is 972 g/mol. The van der Waals surface area contributed by atoms with E-state index in [0.717, 1.165) is 43.5 Å². The van der Waals surface area contributed by atoms with E-state index in [-0.39, 0.29) is 31.1 Å². The SMILES string of the molecule is C1CCC(NC2CCCCC2)CC1.CCCC/C=C\C[C@@H]1[C@@H](/C=C/C(F)(F)COc2ccccc2)[C@H](O)C[C@@H]1O.O=C(O)CCC/C=C\C[C@@H]1[C@@H](/C=C/C(F)(F)COc2ccccc2)[C@H](O)C[C@@H]1O. The molecule has 2 aromatic carbocycles. The van der Waals surface area contributed by atoms with Gasteiger partial charge in [-0.1, -0.05) is 131 Å². The van der Waals surface area contributed by atoms with E-state index in [1.807, 2.05) is 18.2 Å². The van der Waals surface area contributed by atoms with Gasteiger partial charge < -0.3 is 40.3 Å². The zero-order valence-electron chi connectivity index (χ0n) is 40.7. The van der Waals surface area contributed by atoms with Gasteiger partial charge in [0.15, 0.2) is 13.2 Å². The number of unbranched alkanes of at least 4 members (excludes halogenated alkanes) is 3. The molecule has 69 heavy (non-hydrogen) atoms. The number of benzene rings is 2. The Hall–Kier alpha value is -4.01. The Labute approximate surface area is 408 Å². The molecule has 0 heterocycles. The Kier molecular flexibility index (Phi) is 26.2. The number of carboxylic acid groups (broad SMARTS) is 1. The van der Waals surface area contributed by atoms with E-state index in [4.69, 9.17) is 14.6 Å². The van der Waals surface area contributed by atoms with Gasteiger partial charge in [0.05, 0.1) is 24.4 Å². The summed E-state index contributed by atoms with van der Waals surface area (Å²) in [6.07, 6.45) is 29.0. The van der Waals surface area contributed by atoms with Crippen LogP contribution in [0.15, 0.2) is 109 Å². The summed E-state index contributed by atoms with van der Waals surface area (Å²) < 4.78 is 66.8. The molecule has 0 saturated heterocycles. The van der Waals surface area contributed by atoms with Crippen molar-refractivity contribution in [3.05, 3.63) is 109 Å². The molecule has 0 amide bonds. The number of hydrogen-bond acceptors (Lipinski definition) is 8. The van der Waals surface area contributed by atoms with Gasteiger partial charge in [-0.3, -0.25) is 4.79 Å². The highest BCUT2D eigenvalue weighted by Gasteiger charge is 2.41. The Morgan fingerprint density at radius 3 is 1.41 bits per heavy atom. The molecular weight excluding hydrogens is 891 g/mol. The minimum absolute atomic E-state index is 0.0839. The lowest BCUT2D eigenvalue weighted by Crippen LogP contribution is -2.40. The van der Waals surface area contributed by atoms with E-state index in [9.17, 15) is 42.8 Å². The molecule has 6 rings (SSSR count). The standard InChI is InChI=1S/C22H28F2O5.C22H30F2O3.C12H23N/c23-22(24,15-29-16-8-4-3-5-9-16)13-12-18-17(19(25)14-20(18)26)10-6-1-2-7-11-21(27)28;1-2-3-4-5-9-12-18-19(21(26)15-20(18)25)13-14-22(23,24)16-27-17-10-7-6-8-11-17;1-3-7-11(8-4-1)13-12-9-5-2-6-10-12/h1,3-6,8-9,12-13,17-20,25-26H,2,7,10-11,14-15H2,(H,27,28);5-11,13-14,18-21,25-26H,2-4,12,15-16H2,1H3;11-13H,1-10H2/b6-1-,13-12+;9-5-,14-13+;/t17-,18-,19+,20-;18-,19-,20+,21-;/m11./s1. The number of para-hydroxylation sites is 2. The van der Waals surface area contributed by atoms with Crippen LogP contribution in [0.2, 0.25) is 0 Å². The third-order valence-electron chi connectivity index (χ3n) is 13.6. The molecule has 4 aliphatic rings. The number of rotatable bonds is 23. The van der Waals surface area contributed by atoms with Crippen molar-refractivity contribution in [2.24, 2.45) is 23.7 Å². The van der Waals surface area contributed by atoms with Crippen LogP contribution in [-0.4, -0.2) is 93.1 Å². The zero-order chi connectivity index (χ0) is 49.9. The van der Waals surface area contributed by atoms with Crippen LogP contribution in [0.4, 0.5) is 17.6 Å². The van der Waals surface area contributed by atoms with Crippen molar-refractivity contribution in [2.45, 2.75) is 184 Å². The van der Waals surface area contributed by atoms with Gasteiger partial charge >= 0.3 is 5.97 Å². The number of carbonyl (C=O) groups is 1. The smallest absolute Gasteiger partial charge is 0.303 e. The van der Waals surface area contributed by atoms with Crippen molar-refractivity contribution in [2.75, 3.05) is 13.2 Å². The van der Waals surface area contributed by atoms with Crippen molar-refractivity contribution >= 4 is 5.97 Å². The molecule has 0 radical (unpaired) electrons. The maximum absolute atomic E-state index is 14.2. The van der Waals surface area contributed by atoms with Crippen molar-refractivity contribution in [3.63, 3.8) is 0 Å². The predicted molar refractivity (Wildman–Crippen MR) is 265 cm³/mol. The normalized spacial score (nSPS) is 26.0. The Bertz CT molecular complexity index is 1790. The van der Waals surface area contributed by atoms with E-state index in [1.54, 1.807) is 60.7 Å². The van der Waals surface area contributed by atoms with Gasteiger partial charge in [-0.05, 0) is 106 Å². The van der Waals surface area contributed by atoms with E-state index in [0.29, 0.717) is 37.2 Å². The fourth-order valence-electron chi connectivity index (χ4n) is 9.71. The molecule has 0 aromatic heterocycles. The van der Waals surface area contributed by atoms with Crippen LogP contribution in [0.1, 0.15) is 135 Å². The average molecular weight is 972 g/mol. The van der Waals surface area contributed by atoms with Crippen LogP contribution in [0.25, 0.3) is 0 Å². The summed E-state index contributed by atoms with van der Waals surface area (Å²) in [5.41, 5.74) is 0. The summed E-state index contributed by atoms with van der Waals surface area (Å²) in [6.45, 7) is 0.543. The topological polar surface area (TPSA) is 149 Å². The first-order valence-electron chi connectivity index (χ1n) is 25.7. The van der Waals surface area contributed by atoms with Gasteiger partial charge in [0, 0.05) is 43.2 Å². The molecule has 0 unspecified atom stereocenters. The molecule has 386 valence electrons. The largest absolute Gasteiger partial charge is 0.487 e. The maximum Gasteiger partial charge on any atom is 0.303 e. The lowest BCUT2D eigenvalue weighted by atomic mass is 9.89. The van der Waals surface area contributed by atoms with Crippen molar-refractivity contribution in [3.8, 4) is 11.5 Å². The number of hydrogen-bond donors (Lipinski definition) is 6. The quantitative estimate of drug-likeness (QED) is 0.0364. The number of aliphatic carboxylic acids is 1. The second-order valence-corrected chi connectivity index (χ2v) is 19.3. The van der Waals surface area contributed by atoms with Crippen molar-refractivity contribution in [1.82, 2.24) is 5.32 Å². The summed E-state index contributed by atoms with van der Waals surface area (Å²) in [4.78, 5) is 10.5. The lowest BCUT2D eigenvalue weighted by molar-refractivity contribution is -0.137. The summed E-state index contributed by atoms with van der Waals surface area (Å²) in [5.74, 6) is -8.17. The van der Waals surface area contributed by atoms with Crippen LogP contribution in [0.5, 0.6) is 11.5 Å². The molecule has 0 aliphatic heterocycles. The van der Waals surface area contributed by atoms with Crippen LogP contribution >= 0.6 is 0 Å². The third kappa shape index (κ3) is 22.7. The summed E-state index contributed by atoms with van der Waals surface area (Å²) in [7, 11) is 0. The van der Waals surface area contributed by atoms with Gasteiger partial charge in [0.25, 0.3) is 11.8 Å². The summed E-state index contributed by atoms with van der Waals surface area (Å²) >= 11 is 0. The van der Waals surface area contributed by atoms with Crippen LogP contribution in [-0.2, 0) is 4.79 Å². The number of nitrogens with one attached hydrogen (secondary N) is 1. The Morgan fingerprint density at radius 2 is 1.01 bits per heavy atom. The molecule has 4 fully saturated rings. The number of aliphatic hydroxyl groups is 4. The molecule has 13 heteroatoms. The van der Waals surface area contributed by atoms with E-state index >= 15 is 0 Å². The molecule has 0 bridgehead atoms.